The van der Waals surface area contributed by atoms with Crippen LogP contribution in [0.5, 0.6) is 0 Å². The van der Waals surface area contributed by atoms with E-state index in [2.05, 4.69) is 0 Å². The quantitative estimate of drug-likeness (QED) is 0.776. The van der Waals surface area contributed by atoms with Crippen LogP contribution in [0.1, 0.15) is 32.1 Å². The molecule has 3 atom stereocenters. The molecular weight excluding hydrogens is 232 g/mol. The Bertz CT molecular complexity index is 332. The van der Waals surface area contributed by atoms with E-state index in [1.54, 1.807) is 0 Å². The first-order valence-corrected chi connectivity index (χ1v) is 6.83. The molecule has 1 aliphatic heterocycles. The van der Waals surface area contributed by atoms with Crippen molar-refractivity contribution in [1.82, 2.24) is 4.90 Å². The van der Waals surface area contributed by atoms with E-state index in [-0.39, 0.29) is 17.7 Å². The Kier molecular flexibility index (Phi) is 4.22. The molecule has 2 fully saturated rings. The Morgan fingerprint density at radius 3 is 2.56 bits per heavy atom. The Morgan fingerprint density at radius 2 is 1.94 bits per heavy atom. The smallest absolute Gasteiger partial charge is 0.306 e. The van der Waals surface area contributed by atoms with E-state index < -0.39 is 5.97 Å². The van der Waals surface area contributed by atoms with Gasteiger partial charge in [0, 0.05) is 19.0 Å². The van der Waals surface area contributed by atoms with Crippen LogP contribution in [-0.2, 0) is 9.59 Å². The summed E-state index contributed by atoms with van der Waals surface area (Å²) in [5.74, 6) is -0.601. The Morgan fingerprint density at radius 1 is 1.22 bits per heavy atom. The molecule has 3 N–H and O–H groups in total. The van der Waals surface area contributed by atoms with Gasteiger partial charge >= 0.3 is 5.97 Å². The van der Waals surface area contributed by atoms with E-state index in [4.69, 9.17) is 10.8 Å². The Hall–Kier alpha value is -1.10. The summed E-state index contributed by atoms with van der Waals surface area (Å²) in [7, 11) is 0. The second-order valence-corrected chi connectivity index (χ2v) is 5.57. The second-order valence-electron chi connectivity index (χ2n) is 5.57. The molecule has 1 saturated heterocycles. The predicted molar refractivity (Wildman–Crippen MR) is 66.8 cm³/mol. The highest BCUT2D eigenvalue weighted by molar-refractivity contribution is 5.80. The maximum Gasteiger partial charge on any atom is 0.306 e. The summed E-state index contributed by atoms with van der Waals surface area (Å²) in [6.45, 7) is 2.17. The molecule has 0 aromatic heterocycles. The van der Waals surface area contributed by atoms with E-state index in [1.807, 2.05) is 4.90 Å². The van der Waals surface area contributed by atoms with Crippen LogP contribution in [0.3, 0.4) is 0 Å². The normalized spacial score (nSPS) is 32.5. The molecule has 3 unspecified atom stereocenters. The molecule has 2 aliphatic rings. The summed E-state index contributed by atoms with van der Waals surface area (Å²) < 4.78 is 0. The molecule has 102 valence electrons. The molecule has 1 saturated carbocycles. The van der Waals surface area contributed by atoms with Gasteiger partial charge in [-0.1, -0.05) is 6.42 Å². The number of carboxylic acids is 1. The van der Waals surface area contributed by atoms with Gasteiger partial charge in [0.15, 0.2) is 0 Å². The lowest BCUT2D eigenvalue weighted by Gasteiger charge is -2.29. The van der Waals surface area contributed by atoms with Crippen LogP contribution >= 0.6 is 0 Å². The Balaban J connectivity index is 1.91. The van der Waals surface area contributed by atoms with Gasteiger partial charge in [-0.3, -0.25) is 9.59 Å². The minimum atomic E-state index is -0.756. The summed E-state index contributed by atoms with van der Waals surface area (Å²) in [6.07, 6.45) is 3.90. The number of carbonyl (C=O) groups excluding carboxylic acids is 1. The van der Waals surface area contributed by atoms with Gasteiger partial charge in [0.2, 0.25) is 5.91 Å². The first kappa shape index (κ1) is 13.3. The highest BCUT2D eigenvalue weighted by Gasteiger charge is 2.35. The van der Waals surface area contributed by atoms with Crippen LogP contribution in [0.2, 0.25) is 0 Å². The van der Waals surface area contributed by atoms with Crippen LogP contribution in [0, 0.1) is 17.8 Å². The standard InChI is InChI=1S/C13H22N2O3/c14-7-9-4-5-15(8-9)12(16)10-2-1-3-11(6-10)13(17)18/h9-11H,1-8,14H2,(H,17,18). The molecule has 1 aliphatic carbocycles. The van der Waals surface area contributed by atoms with Gasteiger partial charge in [-0.25, -0.2) is 0 Å². The topological polar surface area (TPSA) is 83.6 Å². The first-order valence-electron chi connectivity index (χ1n) is 6.83. The molecule has 18 heavy (non-hydrogen) atoms. The Labute approximate surface area is 107 Å². The van der Waals surface area contributed by atoms with Gasteiger partial charge in [-0.2, -0.15) is 0 Å². The third kappa shape index (κ3) is 2.83. The fourth-order valence-corrected chi connectivity index (χ4v) is 3.12. The molecular formula is C13H22N2O3. The third-order valence-electron chi connectivity index (χ3n) is 4.30. The fraction of sp³-hybridized carbons (Fsp3) is 0.846. The molecule has 0 aromatic carbocycles. The SMILES string of the molecule is NCC1CCN(C(=O)C2CCCC(C(=O)O)C2)C1. The van der Waals surface area contributed by atoms with Crippen molar-refractivity contribution in [2.75, 3.05) is 19.6 Å². The van der Waals surface area contributed by atoms with E-state index in [9.17, 15) is 9.59 Å². The number of likely N-dealkylation sites (tertiary alicyclic amines) is 1. The van der Waals surface area contributed by atoms with E-state index in [0.717, 1.165) is 32.4 Å². The van der Waals surface area contributed by atoms with Crippen LogP contribution < -0.4 is 5.73 Å². The van der Waals surface area contributed by atoms with Crippen LogP contribution in [0.4, 0.5) is 0 Å². The van der Waals surface area contributed by atoms with Gasteiger partial charge in [0.05, 0.1) is 5.92 Å². The number of amides is 1. The number of nitrogens with two attached hydrogens (primary N) is 1. The summed E-state index contributed by atoms with van der Waals surface area (Å²) in [5.41, 5.74) is 5.62. The van der Waals surface area contributed by atoms with Gasteiger partial charge in [-0.15, -0.1) is 0 Å². The summed E-state index contributed by atoms with van der Waals surface area (Å²) in [4.78, 5) is 25.2. The molecule has 0 aromatic rings. The molecule has 5 nitrogen and oxygen atoms in total. The summed E-state index contributed by atoms with van der Waals surface area (Å²) in [5, 5.41) is 9.04. The molecule has 0 spiro atoms. The highest BCUT2D eigenvalue weighted by Crippen LogP contribution is 2.31. The number of nitrogens with zero attached hydrogens (tertiary/aromatic N) is 1. The molecule has 1 amide bonds. The predicted octanol–water partition coefficient (Wildman–Crippen LogP) is 0.685. The zero-order valence-electron chi connectivity index (χ0n) is 10.7. The van der Waals surface area contributed by atoms with Crippen molar-refractivity contribution in [1.29, 1.82) is 0 Å². The number of carbonyl (C=O) groups is 2. The lowest BCUT2D eigenvalue weighted by Crippen LogP contribution is -2.38. The van der Waals surface area contributed by atoms with Crippen molar-refractivity contribution in [3.05, 3.63) is 0 Å². The highest BCUT2D eigenvalue weighted by atomic mass is 16.4. The van der Waals surface area contributed by atoms with Crippen molar-refractivity contribution in [2.24, 2.45) is 23.5 Å². The zero-order chi connectivity index (χ0) is 13.1. The third-order valence-corrected chi connectivity index (χ3v) is 4.30. The monoisotopic (exact) mass is 254 g/mol. The van der Waals surface area contributed by atoms with E-state index in [0.29, 0.717) is 25.3 Å². The summed E-state index contributed by atoms with van der Waals surface area (Å²) >= 11 is 0. The summed E-state index contributed by atoms with van der Waals surface area (Å²) in [6, 6.07) is 0. The van der Waals surface area contributed by atoms with Gasteiger partial charge in [-0.05, 0) is 38.1 Å². The van der Waals surface area contributed by atoms with Crippen LogP contribution in [-0.4, -0.2) is 41.5 Å². The average Bonchev–Trinajstić information content (AvgIpc) is 2.86. The van der Waals surface area contributed by atoms with E-state index in [1.165, 1.54) is 0 Å². The minimum Gasteiger partial charge on any atom is -0.481 e. The van der Waals surface area contributed by atoms with Crippen molar-refractivity contribution >= 4 is 11.9 Å². The zero-order valence-corrected chi connectivity index (χ0v) is 10.7. The molecule has 0 radical (unpaired) electrons. The average molecular weight is 254 g/mol. The molecule has 5 heteroatoms. The van der Waals surface area contributed by atoms with Crippen LogP contribution in [0.25, 0.3) is 0 Å². The van der Waals surface area contributed by atoms with Gasteiger partial charge < -0.3 is 15.7 Å². The van der Waals surface area contributed by atoms with Crippen LogP contribution in [0.15, 0.2) is 0 Å². The van der Waals surface area contributed by atoms with Crippen molar-refractivity contribution in [3.8, 4) is 0 Å². The number of hydrogen-bond acceptors (Lipinski definition) is 3. The second kappa shape index (κ2) is 5.69. The number of carboxylic acid groups (broad SMARTS) is 1. The molecule has 1 heterocycles. The maximum atomic E-state index is 12.3. The van der Waals surface area contributed by atoms with Gasteiger partial charge in [0.1, 0.15) is 0 Å². The largest absolute Gasteiger partial charge is 0.481 e. The fourth-order valence-electron chi connectivity index (χ4n) is 3.12. The number of aliphatic carboxylic acids is 1. The van der Waals surface area contributed by atoms with Crippen molar-refractivity contribution in [2.45, 2.75) is 32.1 Å². The maximum absolute atomic E-state index is 12.3. The van der Waals surface area contributed by atoms with E-state index >= 15 is 0 Å². The molecule has 2 rings (SSSR count). The van der Waals surface area contributed by atoms with Gasteiger partial charge in [0.25, 0.3) is 0 Å². The van der Waals surface area contributed by atoms with Crippen molar-refractivity contribution < 1.29 is 14.7 Å². The van der Waals surface area contributed by atoms with Crippen molar-refractivity contribution in [3.63, 3.8) is 0 Å². The lowest BCUT2D eigenvalue weighted by molar-refractivity contribution is -0.145. The number of rotatable bonds is 3. The minimum absolute atomic E-state index is 0.0867. The number of hydrogen-bond donors (Lipinski definition) is 2. The first-order chi connectivity index (χ1) is 8.61. The molecule has 0 bridgehead atoms. The lowest BCUT2D eigenvalue weighted by atomic mass is 9.81.